The molecule has 0 radical (unpaired) electrons. The van der Waals surface area contributed by atoms with Crippen molar-refractivity contribution < 1.29 is 20.4 Å². The molecule has 0 spiro atoms. The predicted molar refractivity (Wildman–Crippen MR) is 104 cm³/mol. The lowest BCUT2D eigenvalue weighted by atomic mass is 9.72. The van der Waals surface area contributed by atoms with Gasteiger partial charge in [0.05, 0.1) is 25.2 Å². The summed E-state index contributed by atoms with van der Waals surface area (Å²) >= 11 is 0. The van der Waals surface area contributed by atoms with Gasteiger partial charge in [0.25, 0.3) is 0 Å². The van der Waals surface area contributed by atoms with Crippen LogP contribution in [0.1, 0.15) is 78.1 Å². The van der Waals surface area contributed by atoms with Crippen molar-refractivity contribution in [2.24, 2.45) is 5.41 Å². The Hall–Kier alpha value is -0.680. The topological polar surface area (TPSA) is 80.9 Å². The van der Waals surface area contributed by atoms with Crippen LogP contribution < -0.4 is 0 Å². The van der Waals surface area contributed by atoms with Crippen molar-refractivity contribution in [3.05, 3.63) is 24.3 Å². The minimum Gasteiger partial charge on any atom is -0.395 e. The van der Waals surface area contributed by atoms with Crippen LogP contribution in [0.25, 0.3) is 0 Å². The average molecular weight is 357 g/mol. The molecule has 0 rings (SSSR count). The molecule has 0 unspecified atom stereocenters. The molecule has 0 aliphatic rings. The summed E-state index contributed by atoms with van der Waals surface area (Å²) in [5.41, 5.74) is -2.94. The first-order valence-electron chi connectivity index (χ1n) is 9.96. The summed E-state index contributed by atoms with van der Waals surface area (Å²) in [6, 6.07) is 0. The molecule has 0 aromatic rings. The van der Waals surface area contributed by atoms with Crippen LogP contribution in [0.3, 0.4) is 0 Å². The Morgan fingerprint density at radius 2 is 1.04 bits per heavy atom. The number of allylic oxidation sites excluding steroid dienone is 2. The van der Waals surface area contributed by atoms with Crippen molar-refractivity contribution in [3.63, 3.8) is 0 Å². The Labute approximate surface area is 154 Å². The van der Waals surface area contributed by atoms with E-state index in [0.717, 1.165) is 38.5 Å². The number of hydrogen-bond acceptors (Lipinski definition) is 4. The summed E-state index contributed by atoms with van der Waals surface area (Å²) < 4.78 is 0. The summed E-state index contributed by atoms with van der Waals surface area (Å²) in [6.07, 6.45) is 17.9. The standard InChI is InChI=1S/C21H40O4/c1-3-5-7-9-11-13-15-21(25,20(17-22,18-23)19-24)16-14-12-10-8-6-4-2/h13-16,22-25H,3-12,17-19H2,1-2H3. The fraction of sp³-hybridized carbons (Fsp3) is 0.810. The molecule has 0 aromatic carbocycles. The number of unbranched alkanes of at least 4 members (excludes halogenated alkanes) is 8. The zero-order valence-electron chi connectivity index (χ0n) is 16.3. The molecular weight excluding hydrogens is 316 g/mol. The minimum atomic E-state index is -1.55. The molecule has 148 valence electrons. The van der Waals surface area contributed by atoms with Gasteiger partial charge < -0.3 is 20.4 Å². The van der Waals surface area contributed by atoms with Crippen molar-refractivity contribution in [1.82, 2.24) is 0 Å². The van der Waals surface area contributed by atoms with Crippen molar-refractivity contribution in [2.75, 3.05) is 19.8 Å². The molecule has 4 heteroatoms. The largest absolute Gasteiger partial charge is 0.395 e. The SMILES string of the molecule is CCCCCCC=CC(O)(C=CCCCCCC)C(CO)(CO)CO. The Morgan fingerprint density at radius 3 is 1.36 bits per heavy atom. The van der Waals surface area contributed by atoms with Gasteiger partial charge in [0.2, 0.25) is 0 Å². The van der Waals surface area contributed by atoms with Gasteiger partial charge in [-0.2, -0.15) is 0 Å². The lowest BCUT2D eigenvalue weighted by Crippen LogP contribution is -2.53. The third-order valence-electron chi connectivity index (χ3n) is 4.95. The molecule has 0 atom stereocenters. The Morgan fingerprint density at radius 1 is 0.640 bits per heavy atom. The molecule has 4 N–H and O–H groups in total. The van der Waals surface area contributed by atoms with Crippen LogP contribution in [0, 0.1) is 5.41 Å². The monoisotopic (exact) mass is 356 g/mol. The van der Waals surface area contributed by atoms with Gasteiger partial charge in [-0.25, -0.2) is 0 Å². The van der Waals surface area contributed by atoms with Crippen molar-refractivity contribution in [3.8, 4) is 0 Å². The molecule has 0 heterocycles. The molecule has 0 fully saturated rings. The molecule has 0 aromatic heterocycles. The number of aliphatic hydroxyl groups excluding tert-OH is 3. The third-order valence-corrected chi connectivity index (χ3v) is 4.95. The highest BCUT2D eigenvalue weighted by Gasteiger charge is 2.46. The van der Waals surface area contributed by atoms with Gasteiger partial charge in [-0.1, -0.05) is 76.7 Å². The van der Waals surface area contributed by atoms with Gasteiger partial charge >= 0.3 is 0 Å². The van der Waals surface area contributed by atoms with Crippen LogP contribution in [0.2, 0.25) is 0 Å². The van der Waals surface area contributed by atoms with Crippen molar-refractivity contribution in [2.45, 2.75) is 83.7 Å². The lowest BCUT2D eigenvalue weighted by Gasteiger charge is -2.40. The highest BCUT2D eigenvalue weighted by Crippen LogP contribution is 2.34. The van der Waals surface area contributed by atoms with Crippen LogP contribution in [0.15, 0.2) is 24.3 Å². The average Bonchev–Trinajstić information content (AvgIpc) is 2.63. The first kappa shape index (κ1) is 24.3. The van der Waals surface area contributed by atoms with Crippen molar-refractivity contribution >= 4 is 0 Å². The van der Waals surface area contributed by atoms with Crippen molar-refractivity contribution in [1.29, 1.82) is 0 Å². The summed E-state index contributed by atoms with van der Waals surface area (Å²) in [7, 11) is 0. The first-order valence-corrected chi connectivity index (χ1v) is 9.96. The van der Waals surface area contributed by atoms with E-state index in [-0.39, 0.29) is 0 Å². The van der Waals surface area contributed by atoms with Crippen LogP contribution >= 0.6 is 0 Å². The quantitative estimate of drug-likeness (QED) is 0.251. The zero-order chi connectivity index (χ0) is 19.0. The first-order chi connectivity index (χ1) is 12.1. The second-order valence-corrected chi connectivity index (χ2v) is 7.08. The van der Waals surface area contributed by atoms with E-state index in [9.17, 15) is 20.4 Å². The maximum Gasteiger partial charge on any atom is 0.113 e. The predicted octanol–water partition coefficient (Wildman–Crippen LogP) is 3.73. The molecule has 0 saturated carbocycles. The number of hydrogen-bond donors (Lipinski definition) is 4. The number of rotatable bonds is 16. The third kappa shape index (κ3) is 8.50. The molecule has 25 heavy (non-hydrogen) atoms. The Kier molecular flexibility index (Phi) is 14.1. The highest BCUT2D eigenvalue weighted by molar-refractivity contribution is 5.21. The Balaban J connectivity index is 4.97. The van der Waals surface area contributed by atoms with E-state index in [2.05, 4.69) is 13.8 Å². The molecule has 0 saturated heterocycles. The summed E-state index contributed by atoms with van der Waals surface area (Å²) in [4.78, 5) is 0. The zero-order valence-corrected chi connectivity index (χ0v) is 16.3. The molecule has 0 amide bonds. The lowest BCUT2D eigenvalue weighted by molar-refractivity contribution is -0.102. The van der Waals surface area contributed by atoms with Crippen LogP contribution in [-0.2, 0) is 0 Å². The van der Waals surface area contributed by atoms with Crippen LogP contribution in [0.4, 0.5) is 0 Å². The van der Waals surface area contributed by atoms with E-state index in [4.69, 9.17) is 0 Å². The minimum absolute atomic E-state index is 0.489. The molecule has 0 aliphatic heterocycles. The van der Waals surface area contributed by atoms with E-state index in [1.807, 2.05) is 12.2 Å². The molecular formula is C21H40O4. The second kappa shape index (κ2) is 14.5. The molecule has 0 bridgehead atoms. The highest BCUT2D eigenvalue weighted by atomic mass is 16.3. The van der Waals surface area contributed by atoms with Gasteiger partial charge in [-0.3, -0.25) is 0 Å². The van der Waals surface area contributed by atoms with Crippen LogP contribution in [-0.4, -0.2) is 45.8 Å². The van der Waals surface area contributed by atoms with Gasteiger partial charge in [-0.15, -0.1) is 0 Å². The molecule has 0 aliphatic carbocycles. The van der Waals surface area contributed by atoms with E-state index < -0.39 is 30.8 Å². The van der Waals surface area contributed by atoms with Gasteiger partial charge in [0.1, 0.15) is 5.60 Å². The molecule has 4 nitrogen and oxygen atoms in total. The fourth-order valence-corrected chi connectivity index (χ4v) is 2.84. The van der Waals surface area contributed by atoms with E-state index in [1.165, 1.54) is 25.7 Å². The number of aliphatic hydroxyl groups is 4. The van der Waals surface area contributed by atoms with Gasteiger partial charge in [0, 0.05) is 0 Å². The van der Waals surface area contributed by atoms with E-state index in [0.29, 0.717) is 0 Å². The van der Waals surface area contributed by atoms with E-state index in [1.54, 1.807) is 12.2 Å². The maximum absolute atomic E-state index is 11.1. The van der Waals surface area contributed by atoms with Gasteiger partial charge in [-0.05, 0) is 25.7 Å². The summed E-state index contributed by atoms with van der Waals surface area (Å²) in [6.45, 7) is 2.86. The normalized spacial score (nSPS) is 15.3. The summed E-state index contributed by atoms with van der Waals surface area (Å²) in [5.74, 6) is 0. The van der Waals surface area contributed by atoms with Gasteiger partial charge in [0.15, 0.2) is 0 Å². The Bertz CT molecular complexity index is 329. The van der Waals surface area contributed by atoms with E-state index >= 15 is 0 Å². The smallest absolute Gasteiger partial charge is 0.113 e. The fourth-order valence-electron chi connectivity index (χ4n) is 2.84. The maximum atomic E-state index is 11.1. The second-order valence-electron chi connectivity index (χ2n) is 7.08. The summed E-state index contributed by atoms with van der Waals surface area (Å²) in [5, 5.41) is 40.2. The van der Waals surface area contributed by atoms with Crippen LogP contribution in [0.5, 0.6) is 0 Å².